The third-order valence-electron chi connectivity index (χ3n) is 3.91. The molecule has 0 unspecified atom stereocenters. The zero-order valence-electron chi connectivity index (χ0n) is 12.5. The summed E-state index contributed by atoms with van der Waals surface area (Å²) in [6.45, 7) is 8.12. The van der Waals surface area contributed by atoms with Crippen LogP contribution in [0.3, 0.4) is 0 Å². The molecule has 0 aliphatic carbocycles. The fraction of sp³-hybridized carbons (Fsp3) is 0.250. The molecule has 0 aliphatic rings. The van der Waals surface area contributed by atoms with E-state index in [0.29, 0.717) is 11.6 Å². The zero-order valence-corrected chi connectivity index (χ0v) is 14.1. The van der Waals surface area contributed by atoms with Crippen LogP contribution >= 0.6 is 15.9 Å². The van der Waals surface area contributed by atoms with E-state index < -0.39 is 0 Å². The second-order valence-electron chi connectivity index (χ2n) is 5.33. The first-order valence-electron chi connectivity index (χ1n) is 6.78. The van der Waals surface area contributed by atoms with E-state index >= 15 is 0 Å². The Bertz CT molecular complexity index is 865. The molecule has 3 aromatic rings. The standard InChI is InChI=1S/C16H17BrN4/c1-8-5-6-12(17)7-13(8)21-10(3)9(2)14-15(18)19-11(4)20-16(14)21/h5-7H,1-4H3,(H2,18,19,20). The summed E-state index contributed by atoms with van der Waals surface area (Å²) < 4.78 is 3.20. The van der Waals surface area contributed by atoms with Gasteiger partial charge in [-0.05, 0) is 51.0 Å². The molecule has 1 aromatic carbocycles. The summed E-state index contributed by atoms with van der Waals surface area (Å²) >= 11 is 3.55. The van der Waals surface area contributed by atoms with Gasteiger partial charge in [0, 0.05) is 10.2 Å². The molecule has 0 amide bonds. The number of fused-ring (bicyclic) bond motifs is 1. The van der Waals surface area contributed by atoms with Gasteiger partial charge >= 0.3 is 0 Å². The second-order valence-corrected chi connectivity index (χ2v) is 6.25. The van der Waals surface area contributed by atoms with Crippen LogP contribution in [0.4, 0.5) is 5.82 Å². The number of benzene rings is 1. The van der Waals surface area contributed by atoms with Crippen molar-refractivity contribution in [3.05, 3.63) is 45.3 Å². The molecule has 0 fully saturated rings. The molecule has 3 rings (SSSR count). The monoisotopic (exact) mass is 344 g/mol. The smallest absolute Gasteiger partial charge is 0.150 e. The fourth-order valence-corrected chi connectivity index (χ4v) is 3.08. The van der Waals surface area contributed by atoms with Gasteiger partial charge in [-0.25, -0.2) is 9.97 Å². The van der Waals surface area contributed by atoms with Gasteiger partial charge in [0.1, 0.15) is 11.6 Å². The second kappa shape index (κ2) is 4.84. The van der Waals surface area contributed by atoms with E-state index in [0.717, 1.165) is 32.5 Å². The Labute approximate surface area is 132 Å². The van der Waals surface area contributed by atoms with Crippen molar-refractivity contribution >= 4 is 32.8 Å². The Hall–Kier alpha value is -1.88. The first kappa shape index (κ1) is 14.1. The highest BCUT2D eigenvalue weighted by Crippen LogP contribution is 2.32. The highest BCUT2D eigenvalue weighted by atomic mass is 79.9. The minimum absolute atomic E-state index is 0.546. The van der Waals surface area contributed by atoms with Gasteiger partial charge < -0.3 is 5.73 Å². The highest BCUT2D eigenvalue weighted by molar-refractivity contribution is 9.10. The molecule has 0 aliphatic heterocycles. The average molecular weight is 345 g/mol. The maximum atomic E-state index is 6.11. The first-order valence-corrected chi connectivity index (χ1v) is 7.57. The Balaban J connectivity index is 2.48. The number of hydrogen-bond donors (Lipinski definition) is 1. The van der Waals surface area contributed by atoms with Gasteiger partial charge in [-0.15, -0.1) is 0 Å². The number of rotatable bonds is 1. The SMILES string of the molecule is Cc1nc(N)c2c(C)c(C)n(-c3cc(Br)ccc3C)c2n1. The van der Waals surface area contributed by atoms with E-state index in [1.807, 2.05) is 13.0 Å². The number of nitrogens with two attached hydrogens (primary N) is 1. The van der Waals surface area contributed by atoms with Crippen molar-refractivity contribution in [2.75, 3.05) is 5.73 Å². The molecule has 2 heterocycles. The van der Waals surface area contributed by atoms with Gasteiger partial charge in [-0.1, -0.05) is 22.0 Å². The van der Waals surface area contributed by atoms with Gasteiger partial charge in [0.2, 0.25) is 0 Å². The summed E-state index contributed by atoms with van der Waals surface area (Å²) in [5, 5.41) is 0.942. The van der Waals surface area contributed by atoms with Crippen LogP contribution in [0.2, 0.25) is 0 Å². The number of nitrogens with zero attached hydrogens (tertiary/aromatic N) is 3. The molecule has 0 spiro atoms. The molecule has 21 heavy (non-hydrogen) atoms. The summed E-state index contributed by atoms with van der Waals surface area (Å²) in [6.07, 6.45) is 0. The number of nitrogen functional groups attached to an aromatic ring is 1. The fourth-order valence-electron chi connectivity index (χ4n) is 2.73. The minimum atomic E-state index is 0.546. The van der Waals surface area contributed by atoms with Gasteiger partial charge in [0.25, 0.3) is 0 Å². The van der Waals surface area contributed by atoms with Crippen LogP contribution in [0.1, 0.15) is 22.6 Å². The Morgan fingerprint density at radius 3 is 2.52 bits per heavy atom. The lowest BCUT2D eigenvalue weighted by molar-refractivity contribution is 0.985. The molecule has 5 heteroatoms. The van der Waals surface area contributed by atoms with Crippen molar-refractivity contribution < 1.29 is 0 Å². The van der Waals surface area contributed by atoms with E-state index in [1.165, 1.54) is 5.56 Å². The summed E-state index contributed by atoms with van der Waals surface area (Å²) in [5.74, 6) is 1.23. The summed E-state index contributed by atoms with van der Waals surface area (Å²) in [4.78, 5) is 8.92. The third-order valence-corrected chi connectivity index (χ3v) is 4.40. The molecule has 2 N–H and O–H groups in total. The molecular weight excluding hydrogens is 328 g/mol. The van der Waals surface area contributed by atoms with Crippen molar-refractivity contribution in [1.82, 2.24) is 14.5 Å². The van der Waals surface area contributed by atoms with Gasteiger partial charge in [0.15, 0.2) is 5.65 Å². The van der Waals surface area contributed by atoms with E-state index in [9.17, 15) is 0 Å². The van der Waals surface area contributed by atoms with E-state index in [4.69, 9.17) is 5.73 Å². The first-order chi connectivity index (χ1) is 9.90. The van der Waals surface area contributed by atoms with Crippen LogP contribution in [0.25, 0.3) is 16.7 Å². The molecule has 0 saturated heterocycles. The Morgan fingerprint density at radius 1 is 1.10 bits per heavy atom. The van der Waals surface area contributed by atoms with Crippen molar-refractivity contribution in [2.24, 2.45) is 0 Å². The molecule has 0 atom stereocenters. The lowest BCUT2D eigenvalue weighted by atomic mass is 10.2. The molecule has 0 bridgehead atoms. The minimum Gasteiger partial charge on any atom is -0.383 e. The average Bonchev–Trinajstić information content (AvgIpc) is 2.65. The maximum Gasteiger partial charge on any atom is 0.150 e. The van der Waals surface area contributed by atoms with Crippen LogP contribution in [0.15, 0.2) is 22.7 Å². The number of hydrogen-bond acceptors (Lipinski definition) is 3. The third kappa shape index (κ3) is 2.12. The summed E-state index contributed by atoms with van der Waals surface area (Å²) in [7, 11) is 0. The highest BCUT2D eigenvalue weighted by Gasteiger charge is 2.18. The van der Waals surface area contributed by atoms with Crippen molar-refractivity contribution in [3.63, 3.8) is 0 Å². The van der Waals surface area contributed by atoms with Crippen LogP contribution in [0, 0.1) is 27.7 Å². The molecule has 4 nitrogen and oxygen atoms in total. The molecule has 2 aromatic heterocycles. The predicted octanol–water partition coefficient (Wildman–Crippen LogP) is 4.00. The van der Waals surface area contributed by atoms with E-state index in [2.05, 4.69) is 63.4 Å². The lowest BCUT2D eigenvalue weighted by Crippen LogP contribution is -2.03. The molecule has 108 valence electrons. The van der Waals surface area contributed by atoms with Crippen LogP contribution in [0.5, 0.6) is 0 Å². The number of halogens is 1. The Morgan fingerprint density at radius 2 is 1.81 bits per heavy atom. The normalized spacial score (nSPS) is 11.3. The Kier molecular flexibility index (Phi) is 3.24. The summed E-state index contributed by atoms with van der Waals surface area (Å²) in [5.41, 5.74) is 11.5. The van der Waals surface area contributed by atoms with Crippen molar-refractivity contribution in [1.29, 1.82) is 0 Å². The van der Waals surface area contributed by atoms with Gasteiger partial charge in [0.05, 0.1) is 11.1 Å². The number of anilines is 1. The topological polar surface area (TPSA) is 56.7 Å². The zero-order chi connectivity index (χ0) is 15.3. The van der Waals surface area contributed by atoms with Crippen molar-refractivity contribution in [3.8, 4) is 5.69 Å². The lowest BCUT2D eigenvalue weighted by Gasteiger charge is -2.12. The molecule has 0 radical (unpaired) electrons. The van der Waals surface area contributed by atoms with Crippen molar-refractivity contribution in [2.45, 2.75) is 27.7 Å². The van der Waals surface area contributed by atoms with E-state index in [-0.39, 0.29) is 0 Å². The number of aromatic nitrogens is 3. The van der Waals surface area contributed by atoms with Gasteiger partial charge in [-0.3, -0.25) is 4.57 Å². The largest absolute Gasteiger partial charge is 0.383 e. The number of aryl methyl sites for hydroxylation is 3. The quantitative estimate of drug-likeness (QED) is 0.725. The van der Waals surface area contributed by atoms with Crippen LogP contribution in [-0.4, -0.2) is 14.5 Å². The predicted molar refractivity (Wildman–Crippen MR) is 89.9 cm³/mol. The van der Waals surface area contributed by atoms with Crippen LogP contribution in [-0.2, 0) is 0 Å². The molecule has 0 saturated carbocycles. The summed E-state index contributed by atoms with van der Waals surface area (Å²) in [6, 6.07) is 6.24. The van der Waals surface area contributed by atoms with E-state index in [1.54, 1.807) is 0 Å². The maximum absolute atomic E-state index is 6.11. The molecular formula is C16H17BrN4. The van der Waals surface area contributed by atoms with Gasteiger partial charge in [-0.2, -0.15) is 0 Å². The van der Waals surface area contributed by atoms with Crippen LogP contribution < -0.4 is 5.73 Å².